The van der Waals surface area contributed by atoms with Gasteiger partial charge in [0, 0.05) is 19.6 Å². The summed E-state index contributed by atoms with van der Waals surface area (Å²) in [7, 11) is -4.37. The van der Waals surface area contributed by atoms with Crippen LogP contribution in [0.5, 0.6) is 0 Å². The van der Waals surface area contributed by atoms with E-state index in [0.717, 1.165) is 38.8 Å². The Kier molecular flexibility index (Phi) is 41.2. The zero-order valence-electron chi connectivity index (χ0n) is 29.4. The molecule has 294 valence electrons. The zero-order valence-corrected chi connectivity index (χ0v) is 34.2. The third-order valence-corrected chi connectivity index (χ3v) is 9.45. The number of carbonyl (C=O) groups is 3. The van der Waals surface area contributed by atoms with Gasteiger partial charge >= 0.3 is 16.2 Å². The first-order valence-electron chi connectivity index (χ1n) is 16.2. The third kappa shape index (κ3) is 32.5. The van der Waals surface area contributed by atoms with Gasteiger partial charge < -0.3 is 27.5 Å². The van der Waals surface area contributed by atoms with Crippen molar-refractivity contribution in [1.82, 2.24) is 15.6 Å². The highest BCUT2D eigenvalue weighted by Gasteiger charge is 2.31. The zero-order chi connectivity index (χ0) is 36.5. The molecule has 3 aliphatic heterocycles. The molecule has 3 aliphatic rings. The van der Waals surface area contributed by atoms with Crippen LogP contribution in [0.25, 0.3) is 0 Å². The van der Waals surface area contributed by atoms with Gasteiger partial charge in [-0.25, -0.2) is 15.6 Å². The van der Waals surface area contributed by atoms with Gasteiger partial charge in [0.2, 0.25) is 5.24 Å². The van der Waals surface area contributed by atoms with Crippen molar-refractivity contribution in [3.05, 3.63) is 0 Å². The molecule has 0 atom stereocenters. The normalized spacial score (nSPS) is 15.8. The second-order valence-electron chi connectivity index (χ2n) is 9.23. The van der Waals surface area contributed by atoms with Gasteiger partial charge in [0.1, 0.15) is 12.0 Å². The summed E-state index contributed by atoms with van der Waals surface area (Å²) in [6, 6.07) is 0. The molecule has 0 aliphatic carbocycles. The maximum atomic E-state index is 12.1. The van der Waals surface area contributed by atoms with Crippen LogP contribution in [-0.2, 0) is 56.1 Å². The number of hydrogen-bond acceptors (Lipinski definition) is 13. The Balaban J connectivity index is -0.000000574. The average Bonchev–Trinajstić information content (AvgIpc) is 3.11. The Labute approximate surface area is 314 Å². The standard InChI is InChI=1S/C10H20NO5P.C6H10ClNO2.C6H15O3P.C4H9NO.C2H2Cl2O.ClH/c1-3-15-17(13,16-4-2)9-10(12)11-7-5-6-8-14-11;7-5-6(9)8-3-1-2-4-10-8;1-4-7-10(8-5-2)9-6-3;1-2-4-6-5-3-1;3-1-2(4)5;/h3-9H2,1-2H3;1-5H2;4-6H2,1-3H3;5H,1-4H2;1H2;1H. The molecule has 1 N–H and O–H groups in total. The van der Waals surface area contributed by atoms with Crippen LogP contribution in [0.2, 0.25) is 0 Å². The van der Waals surface area contributed by atoms with Crippen molar-refractivity contribution < 1.29 is 56.1 Å². The first-order valence-corrected chi connectivity index (χ1v) is 20.4. The SMILES string of the molecule is C1CCONC1.CCOP(=O)(CC(=O)N1CCCCO1)OCC.CCOP(OCC)OCC.Cl.O=C(CCl)N1CCCCO1.O=C(Cl)CCl. The lowest BCUT2D eigenvalue weighted by Crippen LogP contribution is -2.37. The highest BCUT2D eigenvalue weighted by atomic mass is 35.5. The largest absolute Gasteiger partial charge is 0.340 e. The number of nitrogens with zero attached hydrogens (tertiary/aromatic N) is 2. The molecule has 0 spiro atoms. The molecular weight excluding hydrogens is 774 g/mol. The van der Waals surface area contributed by atoms with Gasteiger partial charge in [-0.3, -0.25) is 28.6 Å². The Morgan fingerprint density at radius 3 is 1.43 bits per heavy atom. The van der Waals surface area contributed by atoms with E-state index >= 15 is 0 Å². The first kappa shape index (κ1) is 53.4. The van der Waals surface area contributed by atoms with Crippen LogP contribution < -0.4 is 5.48 Å². The minimum atomic E-state index is -3.31. The average molecular weight is 832 g/mol. The molecule has 0 radical (unpaired) electrons. The number of carbonyl (C=O) groups excluding carboxylic acids is 3. The van der Waals surface area contributed by atoms with E-state index in [0.29, 0.717) is 46.1 Å². The smallest absolute Gasteiger partial charge is 0.313 e. The van der Waals surface area contributed by atoms with Crippen molar-refractivity contribution in [2.45, 2.75) is 73.1 Å². The molecule has 0 bridgehead atoms. The minimum absolute atomic E-state index is 0. The summed E-state index contributed by atoms with van der Waals surface area (Å²) in [5.41, 5.74) is 2.78. The van der Waals surface area contributed by atoms with E-state index in [2.05, 4.69) is 5.48 Å². The molecule has 2 amide bonds. The monoisotopic (exact) mass is 829 g/mol. The van der Waals surface area contributed by atoms with E-state index in [4.69, 9.17) is 71.9 Å². The van der Waals surface area contributed by atoms with Crippen LogP contribution in [0, 0.1) is 0 Å². The Morgan fingerprint density at radius 1 is 0.714 bits per heavy atom. The maximum Gasteiger partial charge on any atom is 0.340 e. The molecule has 21 heteroatoms. The Bertz CT molecular complexity index is 811. The lowest BCUT2D eigenvalue weighted by Gasteiger charge is -2.27. The minimum Gasteiger partial charge on any atom is -0.313 e. The topological polar surface area (TPSA) is 161 Å². The van der Waals surface area contributed by atoms with Crippen molar-refractivity contribution in [3.8, 4) is 0 Å². The van der Waals surface area contributed by atoms with Gasteiger partial charge in [-0.15, -0.1) is 35.6 Å². The van der Waals surface area contributed by atoms with E-state index < -0.39 is 21.4 Å². The number of hydroxylamine groups is 5. The van der Waals surface area contributed by atoms with Crippen molar-refractivity contribution in [3.63, 3.8) is 0 Å². The van der Waals surface area contributed by atoms with Gasteiger partial charge in [-0.1, -0.05) is 0 Å². The third-order valence-electron chi connectivity index (χ3n) is 5.34. The molecule has 0 unspecified atom stereocenters. The predicted octanol–water partition coefficient (Wildman–Crippen LogP) is 6.62. The second kappa shape index (κ2) is 37.8. The van der Waals surface area contributed by atoms with Crippen LogP contribution in [0.1, 0.15) is 73.1 Å². The summed E-state index contributed by atoms with van der Waals surface area (Å²) in [4.78, 5) is 47.2. The van der Waals surface area contributed by atoms with Crippen LogP contribution in [0.4, 0.5) is 0 Å². The van der Waals surface area contributed by atoms with Gasteiger partial charge in [-0.2, -0.15) is 0 Å². The number of alkyl halides is 2. The lowest BCUT2D eigenvalue weighted by atomic mass is 10.3. The molecule has 49 heavy (non-hydrogen) atoms. The molecule has 0 aromatic carbocycles. The van der Waals surface area contributed by atoms with Gasteiger partial charge in [0.15, 0.2) is 0 Å². The van der Waals surface area contributed by atoms with Crippen LogP contribution in [-0.4, -0.2) is 118 Å². The number of rotatable bonds is 14. The van der Waals surface area contributed by atoms with Crippen molar-refractivity contribution in [2.75, 3.05) is 90.4 Å². The Morgan fingerprint density at radius 2 is 1.16 bits per heavy atom. The van der Waals surface area contributed by atoms with Crippen molar-refractivity contribution in [1.29, 1.82) is 0 Å². The van der Waals surface area contributed by atoms with Crippen molar-refractivity contribution in [2.24, 2.45) is 0 Å². The fraction of sp³-hybridized carbons (Fsp3) is 0.893. The quantitative estimate of drug-likeness (QED) is 0.113. The van der Waals surface area contributed by atoms with Gasteiger partial charge in [0.25, 0.3) is 11.8 Å². The molecule has 3 rings (SSSR count). The predicted molar refractivity (Wildman–Crippen MR) is 194 cm³/mol. The Hall–Kier alpha value is 0.0700. The molecule has 0 aromatic heterocycles. The second-order valence-corrected chi connectivity index (χ2v) is 13.5. The summed E-state index contributed by atoms with van der Waals surface area (Å²) >= 11 is 14.9. The molecule has 15 nitrogen and oxygen atoms in total. The molecule has 0 saturated carbocycles. The molecule has 3 saturated heterocycles. The summed E-state index contributed by atoms with van der Waals surface area (Å²) in [6.07, 6.45) is 6.12. The number of nitrogens with one attached hydrogen (secondary N) is 1. The van der Waals surface area contributed by atoms with Crippen molar-refractivity contribution >= 4 is 80.5 Å². The molecular formula is C28H57Cl4N3O12P2. The number of halogens is 4. The van der Waals surface area contributed by atoms with E-state index in [1.807, 2.05) is 20.8 Å². The summed E-state index contributed by atoms with van der Waals surface area (Å²) in [5.74, 6) is -0.557. The molecule has 0 aromatic rings. The first-order chi connectivity index (χ1) is 23.1. The maximum absolute atomic E-state index is 12.1. The molecule has 3 heterocycles. The summed E-state index contributed by atoms with van der Waals surface area (Å²) in [6.45, 7) is 16.0. The van der Waals surface area contributed by atoms with Gasteiger partial charge in [0.05, 0.1) is 58.7 Å². The highest BCUT2D eigenvalue weighted by Crippen LogP contribution is 2.48. The lowest BCUT2D eigenvalue weighted by molar-refractivity contribution is -0.194. The van der Waals surface area contributed by atoms with Crippen LogP contribution in [0.3, 0.4) is 0 Å². The van der Waals surface area contributed by atoms with Crippen LogP contribution in [0.15, 0.2) is 0 Å². The number of amides is 2. The molecule has 3 fully saturated rings. The summed E-state index contributed by atoms with van der Waals surface area (Å²) in [5, 5.41) is 2.09. The van der Waals surface area contributed by atoms with E-state index in [9.17, 15) is 18.9 Å². The fourth-order valence-corrected chi connectivity index (χ4v) is 5.89. The van der Waals surface area contributed by atoms with Gasteiger partial charge in [-0.05, 0) is 84.7 Å². The van der Waals surface area contributed by atoms with Crippen LogP contribution >= 0.6 is 63.4 Å². The van der Waals surface area contributed by atoms with E-state index in [1.165, 1.54) is 23.0 Å². The van der Waals surface area contributed by atoms with E-state index in [1.54, 1.807) is 13.8 Å². The highest BCUT2D eigenvalue weighted by molar-refractivity contribution is 7.54. The fourth-order valence-electron chi connectivity index (χ4n) is 3.36. The summed E-state index contributed by atoms with van der Waals surface area (Å²) < 4.78 is 37.7. The van der Waals surface area contributed by atoms with E-state index in [-0.39, 0.29) is 55.4 Å². The number of hydrogen-bond donors (Lipinski definition) is 1.